The summed E-state index contributed by atoms with van der Waals surface area (Å²) in [4.78, 5) is 14.2. The van der Waals surface area contributed by atoms with Crippen molar-refractivity contribution in [3.63, 3.8) is 0 Å². The first-order valence-corrected chi connectivity index (χ1v) is 10.3. The highest BCUT2D eigenvalue weighted by Crippen LogP contribution is 2.15. The summed E-state index contributed by atoms with van der Waals surface area (Å²) in [5.41, 5.74) is 7.09. The molecule has 2 N–H and O–H groups in total. The van der Waals surface area contributed by atoms with Gasteiger partial charge in [-0.05, 0) is 12.0 Å². The number of amides is 1. The van der Waals surface area contributed by atoms with Crippen molar-refractivity contribution in [2.24, 2.45) is 5.73 Å². The molecule has 2 aliphatic rings. The zero-order valence-corrected chi connectivity index (χ0v) is 16.8. The number of piperazine rings is 1. The lowest BCUT2D eigenvalue weighted by atomic mass is 10.1. The van der Waals surface area contributed by atoms with E-state index in [-0.39, 0.29) is 18.3 Å². The third kappa shape index (κ3) is 5.40. The van der Waals surface area contributed by atoms with Gasteiger partial charge in [-0.3, -0.25) is 4.79 Å². The van der Waals surface area contributed by atoms with E-state index in [1.807, 2.05) is 30.3 Å². The first-order chi connectivity index (χ1) is 12.5. The number of halogens is 1. The van der Waals surface area contributed by atoms with E-state index in [0.29, 0.717) is 58.9 Å². The second-order valence-corrected chi connectivity index (χ2v) is 8.47. The number of carbonyl (C=O) groups is 1. The molecule has 2 fully saturated rings. The van der Waals surface area contributed by atoms with Crippen LogP contribution in [0.15, 0.2) is 30.3 Å². The maximum absolute atomic E-state index is 12.7. The molecule has 2 saturated heterocycles. The molecule has 27 heavy (non-hydrogen) atoms. The van der Waals surface area contributed by atoms with Gasteiger partial charge in [-0.1, -0.05) is 30.3 Å². The minimum Gasteiger partial charge on any atom is -0.379 e. The maximum atomic E-state index is 12.7. The van der Waals surface area contributed by atoms with Gasteiger partial charge in [0.25, 0.3) is 10.2 Å². The Morgan fingerprint density at radius 2 is 1.56 bits per heavy atom. The molecule has 0 aromatic heterocycles. The van der Waals surface area contributed by atoms with E-state index in [1.54, 1.807) is 4.90 Å². The summed E-state index contributed by atoms with van der Waals surface area (Å²) >= 11 is 0. The van der Waals surface area contributed by atoms with Crippen LogP contribution >= 0.6 is 12.4 Å². The molecule has 1 amide bonds. The number of hydrogen-bond acceptors (Lipinski definition) is 5. The molecule has 0 radical (unpaired) electrons. The molecule has 1 aromatic rings. The molecule has 0 unspecified atom stereocenters. The lowest BCUT2D eigenvalue weighted by Crippen LogP contribution is -2.57. The Morgan fingerprint density at radius 3 is 2.15 bits per heavy atom. The van der Waals surface area contributed by atoms with Crippen molar-refractivity contribution in [2.45, 2.75) is 12.5 Å². The van der Waals surface area contributed by atoms with Gasteiger partial charge in [0.05, 0.1) is 19.3 Å². The number of ether oxygens (including phenoxy) is 1. The predicted molar refractivity (Wildman–Crippen MR) is 105 cm³/mol. The van der Waals surface area contributed by atoms with Crippen molar-refractivity contribution in [3.05, 3.63) is 35.9 Å². The van der Waals surface area contributed by atoms with Crippen LogP contribution in [0, 0.1) is 0 Å². The predicted octanol–water partition coefficient (Wildman–Crippen LogP) is -0.301. The highest BCUT2D eigenvalue weighted by Gasteiger charge is 2.34. The highest BCUT2D eigenvalue weighted by atomic mass is 35.5. The fourth-order valence-corrected chi connectivity index (χ4v) is 4.83. The van der Waals surface area contributed by atoms with E-state index in [4.69, 9.17) is 10.5 Å². The van der Waals surface area contributed by atoms with Crippen LogP contribution in [-0.4, -0.2) is 86.4 Å². The van der Waals surface area contributed by atoms with Crippen molar-refractivity contribution in [1.29, 1.82) is 0 Å². The number of nitrogens with two attached hydrogens (primary N) is 1. The Bertz CT molecular complexity index is 705. The fourth-order valence-electron chi connectivity index (χ4n) is 3.27. The van der Waals surface area contributed by atoms with Crippen LogP contribution in [0.25, 0.3) is 0 Å². The van der Waals surface area contributed by atoms with Crippen LogP contribution in [0.2, 0.25) is 0 Å². The fraction of sp³-hybridized carbons (Fsp3) is 0.588. The molecule has 0 bridgehead atoms. The first kappa shape index (κ1) is 22.1. The molecule has 1 aromatic carbocycles. The van der Waals surface area contributed by atoms with Gasteiger partial charge in [0.2, 0.25) is 5.91 Å². The summed E-state index contributed by atoms with van der Waals surface area (Å²) in [5.74, 6) is -0.128. The normalized spacial score (nSPS) is 20.7. The van der Waals surface area contributed by atoms with E-state index in [2.05, 4.69) is 0 Å². The summed E-state index contributed by atoms with van der Waals surface area (Å²) in [6.07, 6.45) is 0.478. The summed E-state index contributed by atoms with van der Waals surface area (Å²) in [6.45, 7) is 2.92. The molecule has 0 saturated carbocycles. The first-order valence-electron chi connectivity index (χ1n) is 8.90. The van der Waals surface area contributed by atoms with Gasteiger partial charge >= 0.3 is 0 Å². The van der Waals surface area contributed by atoms with Crippen LogP contribution in [0.3, 0.4) is 0 Å². The third-order valence-corrected chi connectivity index (χ3v) is 6.82. The minimum atomic E-state index is -3.49. The molecule has 0 spiro atoms. The van der Waals surface area contributed by atoms with Crippen LogP contribution < -0.4 is 5.73 Å². The van der Waals surface area contributed by atoms with E-state index >= 15 is 0 Å². The van der Waals surface area contributed by atoms with Crippen molar-refractivity contribution in [1.82, 2.24) is 13.5 Å². The van der Waals surface area contributed by atoms with Gasteiger partial charge < -0.3 is 15.4 Å². The van der Waals surface area contributed by atoms with Crippen LogP contribution in [-0.2, 0) is 26.2 Å². The molecule has 2 heterocycles. The van der Waals surface area contributed by atoms with Gasteiger partial charge in [-0.15, -0.1) is 12.4 Å². The Hall–Kier alpha value is -1.23. The molecule has 0 aliphatic carbocycles. The van der Waals surface area contributed by atoms with Crippen molar-refractivity contribution >= 4 is 28.5 Å². The topological polar surface area (TPSA) is 96.2 Å². The van der Waals surface area contributed by atoms with Crippen LogP contribution in [0.1, 0.15) is 5.56 Å². The van der Waals surface area contributed by atoms with Gasteiger partial charge in [0, 0.05) is 39.3 Å². The molecule has 152 valence electrons. The molecule has 8 nitrogen and oxygen atoms in total. The lowest BCUT2D eigenvalue weighted by molar-refractivity contribution is -0.133. The van der Waals surface area contributed by atoms with Crippen molar-refractivity contribution in [3.8, 4) is 0 Å². The third-order valence-electron chi connectivity index (χ3n) is 4.79. The maximum Gasteiger partial charge on any atom is 0.282 e. The van der Waals surface area contributed by atoms with Crippen LogP contribution in [0.5, 0.6) is 0 Å². The minimum absolute atomic E-state index is 0. The number of carbonyl (C=O) groups excluding carboxylic acids is 1. The molecular formula is C17H27ClN4O4S. The van der Waals surface area contributed by atoms with Gasteiger partial charge in [0.1, 0.15) is 0 Å². The number of rotatable bonds is 5. The van der Waals surface area contributed by atoms with E-state index < -0.39 is 16.3 Å². The number of morpholine rings is 1. The monoisotopic (exact) mass is 418 g/mol. The largest absolute Gasteiger partial charge is 0.379 e. The number of benzene rings is 1. The SMILES string of the molecule is Cl.N[C@@H](Cc1ccccc1)C(=O)N1CCN(S(=O)(=O)N2CCOCC2)CC1. The average Bonchev–Trinajstić information content (AvgIpc) is 2.69. The lowest BCUT2D eigenvalue weighted by Gasteiger charge is -2.38. The Balaban J connectivity index is 0.00000261. The smallest absolute Gasteiger partial charge is 0.282 e. The summed E-state index contributed by atoms with van der Waals surface area (Å²) < 4.78 is 33.4. The average molecular weight is 419 g/mol. The van der Waals surface area contributed by atoms with Crippen molar-refractivity contribution in [2.75, 3.05) is 52.5 Å². The number of hydrogen-bond donors (Lipinski definition) is 1. The van der Waals surface area contributed by atoms with E-state index in [0.717, 1.165) is 5.56 Å². The molecule has 1 atom stereocenters. The molecular weight excluding hydrogens is 392 g/mol. The number of nitrogens with zero attached hydrogens (tertiary/aromatic N) is 3. The second kappa shape index (κ2) is 9.81. The Labute approximate surface area is 166 Å². The van der Waals surface area contributed by atoms with Crippen molar-refractivity contribution < 1.29 is 17.9 Å². The van der Waals surface area contributed by atoms with E-state index in [9.17, 15) is 13.2 Å². The highest BCUT2D eigenvalue weighted by molar-refractivity contribution is 7.86. The van der Waals surface area contributed by atoms with E-state index in [1.165, 1.54) is 8.61 Å². The molecule has 10 heteroatoms. The molecule has 2 aliphatic heterocycles. The Kier molecular flexibility index (Phi) is 8.02. The standard InChI is InChI=1S/C17H26N4O4S.ClH/c18-16(14-15-4-2-1-3-5-15)17(22)19-6-8-20(9-7-19)26(23,24)21-10-12-25-13-11-21;/h1-5,16H,6-14,18H2;1H/t16-;/m0./s1. The summed E-state index contributed by atoms with van der Waals surface area (Å²) in [5, 5.41) is 0. The summed E-state index contributed by atoms with van der Waals surface area (Å²) in [6, 6.07) is 9.04. The van der Waals surface area contributed by atoms with Crippen LogP contribution in [0.4, 0.5) is 0 Å². The zero-order valence-electron chi connectivity index (χ0n) is 15.2. The second-order valence-electron chi connectivity index (χ2n) is 6.54. The van der Waals surface area contributed by atoms with Gasteiger partial charge in [-0.25, -0.2) is 0 Å². The van der Waals surface area contributed by atoms with Gasteiger partial charge in [0.15, 0.2) is 0 Å². The Morgan fingerprint density at radius 1 is 1.00 bits per heavy atom. The summed E-state index contributed by atoms with van der Waals surface area (Å²) in [7, 11) is -3.49. The molecule has 3 rings (SSSR count). The zero-order chi connectivity index (χ0) is 18.6. The quantitative estimate of drug-likeness (QED) is 0.708. The van der Waals surface area contributed by atoms with Gasteiger partial charge in [-0.2, -0.15) is 17.0 Å².